The molecule has 0 aliphatic carbocycles. The second-order valence-corrected chi connectivity index (χ2v) is 11.4. The summed E-state index contributed by atoms with van der Waals surface area (Å²) >= 11 is 0. The Labute approximate surface area is 272 Å². The van der Waals surface area contributed by atoms with Gasteiger partial charge in [0.1, 0.15) is 11.6 Å². The molecule has 0 spiro atoms. The van der Waals surface area contributed by atoms with Gasteiger partial charge in [-0.3, -0.25) is 0 Å². The molecule has 2 unspecified atom stereocenters. The van der Waals surface area contributed by atoms with Gasteiger partial charge in [-0.2, -0.15) is 5.26 Å². The van der Waals surface area contributed by atoms with E-state index in [1.165, 1.54) is 44.6 Å². The molecule has 0 amide bonds. The number of nitrogens with two attached hydrogens (primary N) is 1. The van der Waals surface area contributed by atoms with Gasteiger partial charge >= 0.3 is 11.9 Å². The van der Waals surface area contributed by atoms with Gasteiger partial charge in [0.2, 0.25) is 0 Å². The highest BCUT2D eigenvalue weighted by molar-refractivity contribution is 5.93. The maximum Gasteiger partial charge on any atom is 0.348 e. The van der Waals surface area contributed by atoms with Crippen molar-refractivity contribution in [1.82, 2.24) is 0 Å². The zero-order chi connectivity index (χ0) is 34.0. The number of nitriles is 1. The molecule has 0 radical (unpaired) electrons. The van der Waals surface area contributed by atoms with Crippen LogP contribution in [0.4, 0.5) is 0 Å². The summed E-state index contributed by atoms with van der Waals surface area (Å²) in [5.41, 5.74) is 6.11. The van der Waals surface area contributed by atoms with Crippen LogP contribution >= 0.6 is 0 Å². The molecule has 254 valence electrons. The first-order valence-electron chi connectivity index (χ1n) is 17.3. The first-order chi connectivity index (χ1) is 21.2. The van der Waals surface area contributed by atoms with E-state index in [1.807, 2.05) is 26.0 Å². The summed E-state index contributed by atoms with van der Waals surface area (Å²) in [6.45, 7) is 20.2. The fourth-order valence-electron chi connectivity index (χ4n) is 4.26. The summed E-state index contributed by atoms with van der Waals surface area (Å²) in [6, 6.07) is 1.86. The highest BCUT2D eigenvalue weighted by Crippen LogP contribution is 2.15. The molecule has 0 fully saturated rings. The predicted molar refractivity (Wildman–Crippen MR) is 188 cm³/mol. The van der Waals surface area contributed by atoms with E-state index in [-0.39, 0.29) is 18.1 Å². The molecule has 0 aromatic heterocycles. The van der Waals surface area contributed by atoms with Crippen molar-refractivity contribution in [1.29, 1.82) is 5.26 Å². The number of allylic oxidation sites excluding steroid dienone is 6. The van der Waals surface area contributed by atoms with E-state index in [0.717, 1.165) is 44.4 Å². The standard InChI is InChI=1S/C15H27NO2.C15H23NO2.C8H18/c2*1-4-7-9-13(6-3)12-18-15(17)14(11-16)10-8-5-2;1-4-6-8(3)7-5-2/h5,8,10,13H,4,6-7,9,11-12,16H2,1-3H3;5,8,10,13H,4,6-7,9,12H2,1-3H3;8H,4-7H2,1-3H3/b2*8-5+,14-10+;. The third-order valence-electron chi connectivity index (χ3n) is 7.32. The number of unbranched alkanes of at least 4 members (excludes halogenated alkanes) is 2. The number of hydrogen-bond acceptors (Lipinski definition) is 6. The minimum Gasteiger partial charge on any atom is -0.462 e. The lowest BCUT2D eigenvalue weighted by atomic mass is 10.0. The molecule has 2 atom stereocenters. The summed E-state index contributed by atoms with van der Waals surface area (Å²) in [7, 11) is 0. The van der Waals surface area contributed by atoms with Gasteiger partial charge in [0, 0.05) is 6.54 Å². The summed E-state index contributed by atoms with van der Waals surface area (Å²) in [6.07, 6.45) is 24.7. The van der Waals surface area contributed by atoms with Gasteiger partial charge in [0.25, 0.3) is 0 Å². The molecule has 0 aliphatic heterocycles. The first-order valence-corrected chi connectivity index (χ1v) is 17.3. The first kappa shape index (κ1) is 45.8. The quantitative estimate of drug-likeness (QED) is 0.0596. The molecule has 6 heteroatoms. The monoisotopic (exact) mass is 617 g/mol. The molecule has 0 bridgehead atoms. The summed E-state index contributed by atoms with van der Waals surface area (Å²) in [5.74, 6) is 1.02. The van der Waals surface area contributed by atoms with Crippen molar-refractivity contribution in [3.63, 3.8) is 0 Å². The van der Waals surface area contributed by atoms with Crippen molar-refractivity contribution in [3.8, 4) is 6.07 Å². The number of rotatable bonds is 21. The molecule has 0 saturated heterocycles. The van der Waals surface area contributed by atoms with Crippen LogP contribution in [0.5, 0.6) is 0 Å². The van der Waals surface area contributed by atoms with Crippen molar-refractivity contribution in [2.75, 3.05) is 19.8 Å². The number of carbonyl (C=O) groups is 2. The van der Waals surface area contributed by atoms with Crippen molar-refractivity contribution >= 4 is 11.9 Å². The van der Waals surface area contributed by atoms with E-state index in [2.05, 4.69) is 48.5 Å². The van der Waals surface area contributed by atoms with Crippen molar-refractivity contribution in [2.24, 2.45) is 23.5 Å². The number of nitrogens with zero attached hydrogens (tertiary/aromatic N) is 1. The zero-order valence-electron chi connectivity index (χ0n) is 30.0. The maximum atomic E-state index is 11.8. The number of carbonyl (C=O) groups excluding carboxylic acids is 2. The lowest BCUT2D eigenvalue weighted by Crippen LogP contribution is -2.19. The van der Waals surface area contributed by atoms with Crippen LogP contribution in [0, 0.1) is 29.1 Å². The molecular weight excluding hydrogens is 548 g/mol. The maximum absolute atomic E-state index is 11.8. The van der Waals surface area contributed by atoms with Crippen LogP contribution in [0.2, 0.25) is 0 Å². The predicted octanol–water partition coefficient (Wildman–Crippen LogP) is 10.2. The van der Waals surface area contributed by atoms with Crippen molar-refractivity contribution in [3.05, 3.63) is 47.6 Å². The summed E-state index contributed by atoms with van der Waals surface area (Å²) in [5, 5.41) is 8.83. The Kier molecular flexibility index (Phi) is 36.2. The Morgan fingerprint density at radius 1 is 0.727 bits per heavy atom. The Bertz CT molecular complexity index is 845. The molecule has 2 N–H and O–H groups in total. The summed E-state index contributed by atoms with van der Waals surface area (Å²) in [4.78, 5) is 23.4. The Morgan fingerprint density at radius 2 is 1.18 bits per heavy atom. The third-order valence-corrected chi connectivity index (χ3v) is 7.32. The Balaban J connectivity index is -0.000000616. The van der Waals surface area contributed by atoms with Gasteiger partial charge in [-0.1, -0.05) is 143 Å². The van der Waals surface area contributed by atoms with Gasteiger partial charge < -0.3 is 15.2 Å². The van der Waals surface area contributed by atoms with E-state index in [0.29, 0.717) is 30.6 Å². The topological polar surface area (TPSA) is 102 Å². The molecule has 0 heterocycles. The number of ether oxygens (including phenoxy) is 2. The lowest BCUT2D eigenvalue weighted by molar-refractivity contribution is -0.141. The minimum absolute atomic E-state index is 0.0541. The molecule has 0 rings (SSSR count). The lowest BCUT2D eigenvalue weighted by Gasteiger charge is -2.15. The van der Waals surface area contributed by atoms with Crippen LogP contribution in [0.25, 0.3) is 0 Å². The molecule has 0 aliphatic rings. The number of esters is 2. The van der Waals surface area contributed by atoms with Gasteiger partial charge in [-0.25, -0.2) is 9.59 Å². The minimum atomic E-state index is -0.523. The highest BCUT2D eigenvalue weighted by Gasteiger charge is 2.14. The van der Waals surface area contributed by atoms with Crippen LogP contribution in [-0.2, 0) is 19.1 Å². The largest absolute Gasteiger partial charge is 0.462 e. The average Bonchev–Trinajstić information content (AvgIpc) is 3.03. The highest BCUT2D eigenvalue weighted by atomic mass is 16.5. The van der Waals surface area contributed by atoms with E-state index < -0.39 is 5.97 Å². The zero-order valence-corrected chi connectivity index (χ0v) is 30.0. The van der Waals surface area contributed by atoms with E-state index >= 15 is 0 Å². The SMILES string of the molecule is C/C=C/C=C(\C#N)C(=O)OCC(CC)CCCC.C/C=C/C=C(\CN)C(=O)OCC(CC)CCCC.CCCC(C)CCC. The van der Waals surface area contributed by atoms with E-state index in [4.69, 9.17) is 20.5 Å². The van der Waals surface area contributed by atoms with Gasteiger partial charge in [-0.05, 0) is 50.5 Å². The van der Waals surface area contributed by atoms with Crippen LogP contribution in [0.1, 0.15) is 139 Å². The van der Waals surface area contributed by atoms with Gasteiger partial charge in [-0.15, -0.1) is 0 Å². The van der Waals surface area contributed by atoms with Crippen molar-refractivity contribution < 1.29 is 19.1 Å². The van der Waals surface area contributed by atoms with Crippen LogP contribution < -0.4 is 5.73 Å². The van der Waals surface area contributed by atoms with Crippen LogP contribution in [0.3, 0.4) is 0 Å². The molecular formula is C38H68N2O4. The Hall–Kier alpha value is -2.65. The smallest absolute Gasteiger partial charge is 0.348 e. The molecule has 44 heavy (non-hydrogen) atoms. The summed E-state index contributed by atoms with van der Waals surface area (Å²) < 4.78 is 10.5. The fraction of sp³-hybridized carbons (Fsp3) is 0.711. The number of hydrogen-bond donors (Lipinski definition) is 1. The second kappa shape index (κ2) is 34.8. The second-order valence-electron chi connectivity index (χ2n) is 11.4. The van der Waals surface area contributed by atoms with E-state index in [9.17, 15) is 9.59 Å². The Morgan fingerprint density at radius 3 is 1.55 bits per heavy atom. The van der Waals surface area contributed by atoms with Crippen molar-refractivity contribution in [2.45, 2.75) is 139 Å². The molecule has 6 nitrogen and oxygen atoms in total. The molecule has 0 aromatic carbocycles. The third kappa shape index (κ3) is 28.1. The molecule has 0 saturated carbocycles. The van der Waals surface area contributed by atoms with Gasteiger partial charge in [0.15, 0.2) is 0 Å². The van der Waals surface area contributed by atoms with Crippen LogP contribution in [0.15, 0.2) is 47.6 Å². The normalized spacial score (nSPS) is 13.0. The van der Waals surface area contributed by atoms with Crippen LogP contribution in [-0.4, -0.2) is 31.7 Å². The fourth-order valence-corrected chi connectivity index (χ4v) is 4.26. The molecule has 0 aromatic rings. The van der Waals surface area contributed by atoms with Gasteiger partial charge in [0.05, 0.1) is 18.8 Å². The average molecular weight is 617 g/mol. The van der Waals surface area contributed by atoms with E-state index in [1.54, 1.807) is 24.3 Å².